The summed E-state index contributed by atoms with van der Waals surface area (Å²) in [6.45, 7) is 3.59. The van der Waals surface area contributed by atoms with E-state index in [0.29, 0.717) is 12.3 Å². The minimum absolute atomic E-state index is 0.0724. The highest BCUT2D eigenvalue weighted by molar-refractivity contribution is 5.76. The zero-order chi connectivity index (χ0) is 12.8. The first kappa shape index (κ1) is 13.1. The van der Waals surface area contributed by atoms with Crippen LogP contribution in [0.3, 0.4) is 0 Å². The highest BCUT2D eigenvalue weighted by Crippen LogP contribution is 2.18. The van der Waals surface area contributed by atoms with Crippen LogP contribution in [0, 0.1) is 5.92 Å². The van der Waals surface area contributed by atoms with E-state index in [9.17, 15) is 4.79 Å². The van der Waals surface area contributed by atoms with E-state index in [0.717, 1.165) is 31.6 Å². The quantitative estimate of drug-likeness (QED) is 0.888. The van der Waals surface area contributed by atoms with Crippen LogP contribution in [0.1, 0.15) is 37.8 Å². The minimum Gasteiger partial charge on any atom is -0.381 e. The van der Waals surface area contributed by atoms with Crippen LogP contribution in [0.25, 0.3) is 0 Å². The van der Waals surface area contributed by atoms with Crippen LogP contribution in [0.4, 0.5) is 0 Å². The molecule has 0 aromatic heterocycles. The van der Waals surface area contributed by atoms with Crippen molar-refractivity contribution in [2.75, 3.05) is 13.2 Å². The lowest BCUT2D eigenvalue weighted by Gasteiger charge is -2.22. The average molecular weight is 247 g/mol. The van der Waals surface area contributed by atoms with E-state index in [1.807, 2.05) is 37.3 Å². The topological polar surface area (TPSA) is 38.3 Å². The predicted molar refractivity (Wildman–Crippen MR) is 71.2 cm³/mol. The molecule has 2 unspecified atom stereocenters. The Morgan fingerprint density at radius 1 is 1.44 bits per heavy atom. The molecule has 1 aromatic carbocycles. The van der Waals surface area contributed by atoms with E-state index in [1.54, 1.807) is 0 Å². The van der Waals surface area contributed by atoms with Crippen molar-refractivity contribution in [3.63, 3.8) is 0 Å². The molecule has 2 rings (SSSR count). The summed E-state index contributed by atoms with van der Waals surface area (Å²) in [5, 5.41) is 3.05. The van der Waals surface area contributed by atoms with Crippen molar-refractivity contribution in [1.29, 1.82) is 0 Å². The van der Waals surface area contributed by atoms with Gasteiger partial charge in [-0.2, -0.15) is 0 Å². The average Bonchev–Trinajstić information content (AvgIpc) is 2.40. The molecule has 1 amide bonds. The second-order valence-corrected chi connectivity index (χ2v) is 4.99. The van der Waals surface area contributed by atoms with E-state index in [-0.39, 0.29) is 11.9 Å². The lowest BCUT2D eigenvalue weighted by molar-refractivity contribution is -0.123. The Labute approximate surface area is 109 Å². The molecule has 0 radical (unpaired) electrons. The Morgan fingerprint density at radius 2 is 2.22 bits per heavy atom. The summed E-state index contributed by atoms with van der Waals surface area (Å²) in [4.78, 5) is 11.9. The summed E-state index contributed by atoms with van der Waals surface area (Å²) in [6.07, 6.45) is 2.76. The van der Waals surface area contributed by atoms with E-state index in [1.165, 1.54) is 0 Å². The molecule has 0 spiro atoms. The maximum Gasteiger partial charge on any atom is 0.220 e. The van der Waals surface area contributed by atoms with Gasteiger partial charge in [0.25, 0.3) is 0 Å². The van der Waals surface area contributed by atoms with E-state index in [2.05, 4.69) is 5.32 Å². The van der Waals surface area contributed by atoms with Gasteiger partial charge in [0, 0.05) is 19.6 Å². The van der Waals surface area contributed by atoms with Crippen molar-refractivity contribution in [3.8, 4) is 0 Å². The normalized spacial score (nSPS) is 21.3. The molecule has 0 aliphatic carbocycles. The summed E-state index contributed by atoms with van der Waals surface area (Å²) in [5.41, 5.74) is 1.14. The number of carbonyl (C=O) groups excluding carboxylic acids is 1. The maximum atomic E-state index is 11.9. The van der Waals surface area contributed by atoms with Crippen molar-refractivity contribution in [2.45, 2.75) is 32.2 Å². The van der Waals surface area contributed by atoms with Gasteiger partial charge in [0.05, 0.1) is 6.04 Å². The van der Waals surface area contributed by atoms with Crippen molar-refractivity contribution < 1.29 is 9.53 Å². The second kappa shape index (κ2) is 6.55. The number of hydrogen-bond donors (Lipinski definition) is 1. The molecule has 2 atom stereocenters. The summed E-state index contributed by atoms with van der Waals surface area (Å²) >= 11 is 0. The Bertz CT molecular complexity index is 371. The minimum atomic E-state index is 0.0724. The van der Waals surface area contributed by atoms with Crippen LogP contribution in [0.5, 0.6) is 0 Å². The van der Waals surface area contributed by atoms with E-state index >= 15 is 0 Å². The van der Waals surface area contributed by atoms with Gasteiger partial charge in [0.15, 0.2) is 0 Å². The number of carbonyl (C=O) groups is 1. The SMILES string of the molecule is CC(NC(=O)CC1CCCOC1)c1ccccc1. The maximum absolute atomic E-state index is 11.9. The fraction of sp³-hybridized carbons (Fsp3) is 0.533. The second-order valence-electron chi connectivity index (χ2n) is 4.99. The molecule has 3 nitrogen and oxygen atoms in total. The Hall–Kier alpha value is -1.35. The number of benzene rings is 1. The van der Waals surface area contributed by atoms with Crippen LogP contribution in [0.15, 0.2) is 30.3 Å². The molecule has 0 bridgehead atoms. The molecule has 1 N–H and O–H groups in total. The van der Waals surface area contributed by atoms with Gasteiger partial charge in [-0.05, 0) is 31.2 Å². The third-order valence-corrected chi connectivity index (χ3v) is 3.41. The molecule has 1 heterocycles. The molecule has 0 saturated carbocycles. The number of nitrogens with one attached hydrogen (secondary N) is 1. The molecule has 3 heteroatoms. The van der Waals surface area contributed by atoms with Crippen LogP contribution < -0.4 is 5.32 Å². The monoisotopic (exact) mass is 247 g/mol. The predicted octanol–water partition coefficient (Wildman–Crippen LogP) is 2.68. The summed E-state index contributed by atoms with van der Waals surface area (Å²) in [7, 11) is 0. The van der Waals surface area contributed by atoms with Crippen molar-refractivity contribution in [2.24, 2.45) is 5.92 Å². The smallest absolute Gasteiger partial charge is 0.220 e. The van der Waals surface area contributed by atoms with Gasteiger partial charge in [-0.15, -0.1) is 0 Å². The first-order chi connectivity index (χ1) is 8.75. The third kappa shape index (κ3) is 3.84. The van der Waals surface area contributed by atoms with Crippen LogP contribution in [-0.4, -0.2) is 19.1 Å². The fourth-order valence-electron chi connectivity index (χ4n) is 2.36. The van der Waals surface area contributed by atoms with Gasteiger partial charge < -0.3 is 10.1 Å². The molecular formula is C15H21NO2. The highest BCUT2D eigenvalue weighted by Gasteiger charge is 2.18. The van der Waals surface area contributed by atoms with Gasteiger partial charge in [-0.25, -0.2) is 0 Å². The van der Waals surface area contributed by atoms with E-state index < -0.39 is 0 Å². The van der Waals surface area contributed by atoms with Crippen LogP contribution in [0.2, 0.25) is 0 Å². The molecule has 1 aromatic rings. The number of amides is 1. The van der Waals surface area contributed by atoms with Gasteiger partial charge in [-0.1, -0.05) is 30.3 Å². The summed E-state index contributed by atoms with van der Waals surface area (Å²) < 4.78 is 5.39. The lowest BCUT2D eigenvalue weighted by Crippen LogP contribution is -2.30. The molecule has 1 saturated heterocycles. The molecule has 18 heavy (non-hydrogen) atoms. The van der Waals surface area contributed by atoms with Crippen LogP contribution >= 0.6 is 0 Å². The third-order valence-electron chi connectivity index (χ3n) is 3.41. The molecule has 1 fully saturated rings. The van der Waals surface area contributed by atoms with Crippen molar-refractivity contribution >= 4 is 5.91 Å². The fourth-order valence-corrected chi connectivity index (χ4v) is 2.36. The zero-order valence-corrected chi connectivity index (χ0v) is 10.9. The zero-order valence-electron chi connectivity index (χ0n) is 10.9. The van der Waals surface area contributed by atoms with Gasteiger partial charge in [0.2, 0.25) is 5.91 Å². The van der Waals surface area contributed by atoms with Crippen LogP contribution in [-0.2, 0) is 9.53 Å². The van der Waals surface area contributed by atoms with Gasteiger partial charge >= 0.3 is 0 Å². The first-order valence-electron chi connectivity index (χ1n) is 6.68. The Kier molecular flexibility index (Phi) is 4.76. The van der Waals surface area contributed by atoms with Gasteiger partial charge in [-0.3, -0.25) is 4.79 Å². The molecule has 1 aliphatic heterocycles. The highest BCUT2D eigenvalue weighted by atomic mass is 16.5. The Balaban J connectivity index is 1.80. The first-order valence-corrected chi connectivity index (χ1v) is 6.68. The standard InChI is InChI=1S/C15H21NO2/c1-12(14-7-3-2-4-8-14)16-15(17)10-13-6-5-9-18-11-13/h2-4,7-8,12-13H,5-6,9-11H2,1H3,(H,16,17). The van der Waals surface area contributed by atoms with E-state index in [4.69, 9.17) is 4.74 Å². The number of rotatable bonds is 4. The molecular weight excluding hydrogens is 226 g/mol. The molecule has 98 valence electrons. The van der Waals surface area contributed by atoms with Crippen molar-refractivity contribution in [1.82, 2.24) is 5.32 Å². The molecule has 1 aliphatic rings. The Morgan fingerprint density at radius 3 is 2.89 bits per heavy atom. The number of ether oxygens (including phenoxy) is 1. The summed E-state index contributed by atoms with van der Waals surface area (Å²) in [6, 6.07) is 10.1. The number of hydrogen-bond acceptors (Lipinski definition) is 2. The lowest BCUT2D eigenvalue weighted by atomic mass is 9.98. The van der Waals surface area contributed by atoms with Gasteiger partial charge in [0.1, 0.15) is 0 Å². The largest absolute Gasteiger partial charge is 0.381 e. The van der Waals surface area contributed by atoms with Crippen molar-refractivity contribution in [3.05, 3.63) is 35.9 Å². The summed E-state index contributed by atoms with van der Waals surface area (Å²) in [5.74, 6) is 0.517.